The predicted molar refractivity (Wildman–Crippen MR) is 92.4 cm³/mol. The minimum absolute atomic E-state index is 0.297. The molecule has 2 heterocycles. The molecule has 0 unspecified atom stereocenters. The monoisotopic (exact) mass is 401 g/mol. The first-order valence-electron chi connectivity index (χ1n) is 6.39. The van der Waals surface area contributed by atoms with Crippen molar-refractivity contribution in [1.29, 1.82) is 0 Å². The van der Waals surface area contributed by atoms with Crippen LogP contribution in [0.3, 0.4) is 0 Å². The maximum atomic E-state index is 11.4. The summed E-state index contributed by atoms with van der Waals surface area (Å²) in [6.45, 7) is 2.05. The lowest BCUT2D eigenvalue weighted by Crippen LogP contribution is -2.28. The molecular weight excluding hydrogens is 393 g/mol. The summed E-state index contributed by atoms with van der Waals surface area (Å²) in [5.41, 5.74) is 1.69. The van der Waals surface area contributed by atoms with E-state index in [4.69, 9.17) is 23.2 Å². The molecule has 0 atom stereocenters. The first kappa shape index (κ1) is 15.4. The molecule has 3 rings (SSSR count). The largest absolute Gasteiger partial charge is 0.465 e. The van der Waals surface area contributed by atoms with Gasteiger partial charge in [0, 0.05) is 28.5 Å². The Morgan fingerprint density at radius 3 is 2.82 bits per heavy atom. The normalized spacial score (nSPS) is 11.3. The van der Waals surface area contributed by atoms with Crippen molar-refractivity contribution < 1.29 is 9.90 Å². The number of aromatic nitrogens is 2. The number of rotatable bonds is 2. The Kier molecular flexibility index (Phi) is 3.92. The number of pyridine rings is 1. The molecule has 0 fully saturated rings. The van der Waals surface area contributed by atoms with E-state index in [1.807, 2.05) is 0 Å². The van der Waals surface area contributed by atoms with Crippen LogP contribution in [0.2, 0.25) is 10.0 Å². The summed E-state index contributed by atoms with van der Waals surface area (Å²) in [6, 6.07) is 3.36. The van der Waals surface area contributed by atoms with Crippen LogP contribution < -0.4 is 4.90 Å². The average molecular weight is 403 g/mol. The van der Waals surface area contributed by atoms with Crippen LogP contribution in [-0.4, -0.2) is 27.7 Å². The van der Waals surface area contributed by atoms with E-state index in [0.717, 1.165) is 5.39 Å². The first-order chi connectivity index (χ1) is 10.4. The van der Waals surface area contributed by atoms with Gasteiger partial charge in [0.15, 0.2) is 0 Å². The number of H-pyrrole nitrogens is 1. The molecule has 0 spiro atoms. The highest BCUT2D eigenvalue weighted by molar-refractivity contribution is 9.10. The van der Waals surface area contributed by atoms with E-state index in [1.54, 1.807) is 25.3 Å². The third-order valence-electron chi connectivity index (χ3n) is 3.41. The number of nitrogens with one attached hydrogen (secondary N) is 1. The maximum absolute atomic E-state index is 11.4. The van der Waals surface area contributed by atoms with Crippen molar-refractivity contribution in [2.24, 2.45) is 0 Å². The van der Waals surface area contributed by atoms with Gasteiger partial charge in [0.1, 0.15) is 5.65 Å². The first-order valence-corrected chi connectivity index (χ1v) is 7.94. The van der Waals surface area contributed by atoms with Gasteiger partial charge in [0.05, 0.1) is 20.7 Å². The maximum Gasteiger partial charge on any atom is 0.411 e. The predicted octanol–water partition coefficient (Wildman–Crippen LogP) is 5.29. The number of benzene rings is 1. The summed E-state index contributed by atoms with van der Waals surface area (Å²) >= 11 is 15.9. The Hall–Kier alpha value is -1.50. The standard InChI is InChI=1S/C14H10BrCl2N3O2/c1-2-20(14(21)22)9-4-6(16)3-7-10-11(17)8(15)5-18-13(10)19-12(7)9/h3-5H,2H2,1H3,(H,18,19)(H,21,22). The van der Waals surface area contributed by atoms with E-state index >= 15 is 0 Å². The second-order valence-electron chi connectivity index (χ2n) is 4.64. The van der Waals surface area contributed by atoms with Gasteiger partial charge >= 0.3 is 6.09 Å². The van der Waals surface area contributed by atoms with E-state index in [1.165, 1.54) is 4.90 Å². The highest BCUT2D eigenvalue weighted by Crippen LogP contribution is 2.39. The van der Waals surface area contributed by atoms with Crippen molar-refractivity contribution in [2.75, 3.05) is 11.4 Å². The molecule has 1 aromatic carbocycles. The van der Waals surface area contributed by atoms with Crippen LogP contribution in [0, 0.1) is 0 Å². The average Bonchev–Trinajstić information content (AvgIpc) is 2.82. The summed E-state index contributed by atoms with van der Waals surface area (Å²) in [4.78, 5) is 20.1. The molecule has 1 amide bonds. The molecule has 2 aromatic heterocycles. The fraction of sp³-hybridized carbons (Fsp3) is 0.143. The highest BCUT2D eigenvalue weighted by Gasteiger charge is 2.20. The van der Waals surface area contributed by atoms with E-state index < -0.39 is 6.09 Å². The van der Waals surface area contributed by atoms with Crippen LogP contribution in [0.1, 0.15) is 6.92 Å². The van der Waals surface area contributed by atoms with E-state index in [-0.39, 0.29) is 0 Å². The number of carbonyl (C=O) groups is 1. The van der Waals surface area contributed by atoms with Crippen molar-refractivity contribution in [3.8, 4) is 0 Å². The number of hydrogen-bond acceptors (Lipinski definition) is 2. The minimum atomic E-state index is -1.05. The zero-order valence-corrected chi connectivity index (χ0v) is 14.4. The van der Waals surface area contributed by atoms with Crippen LogP contribution in [0.5, 0.6) is 0 Å². The van der Waals surface area contributed by atoms with Gasteiger partial charge in [-0.3, -0.25) is 4.90 Å². The molecule has 0 aliphatic rings. The topological polar surface area (TPSA) is 69.2 Å². The Labute approximate surface area is 144 Å². The van der Waals surface area contributed by atoms with Gasteiger partial charge in [-0.2, -0.15) is 0 Å². The third-order valence-corrected chi connectivity index (χ3v) is 4.85. The fourth-order valence-corrected chi connectivity index (χ4v) is 3.22. The van der Waals surface area contributed by atoms with Gasteiger partial charge in [-0.1, -0.05) is 23.2 Å². The van der Waals surface area contributed by atoms with Crippen LogP contribution in [-0.2, 0) is 0 Å². The molecule has 2 N–H and O–H groups in total. The van der Waals surface area contributed by atoms with Crippen LogP contribution in [0.4, 0.5) is 10.5 Å². The smallest absolute Gasteiger partial charge is 0.411 e. The highest BCUT2D eigenvalue weighted by atomic mass is 79.9. The molecule has 3 aromatic rings. The minimum Gasteiger partial charge on any atom is -0.465 e. The molecule has 0 aliphatic heterocycles. The molecule has 0 radical (unpaired) electrons. The lowest BCUT2D eigenvalue weighted by molar-refractivity contribution is 0.202. The Morgan fingerprint density at radius 2 is 2.18 bits per heavy atom. The lowest BCUT2D eigenvalue weighted by atomic mass is 10.1. The zero-order valence-electron chi connectivity index (χ0n) is 11.3. The molecule has 0 saturated carbocycles. The number of nitrogens with zero attached hydrogens (tertiary/aromatic N) is 2. The molecule has 0 bridgehead atoms. The van der Waals surface area contributed by atoms with Crippen LogP contribution in [0.25, 0.3) is 21.9 Å². The third kappa shape index (κ3) is 2.31. The van der Waals surface area contributed by atoms with E-state index in [0.29, 0.717) is 43.3 Å². The number of aromatic amines is 1. The zero-order chi connectivity index (χ0) is 16.0. The molecular formula is C14H10BrCl2N3O2. The number of fused-ring (bicyclic) bond motifs is 3. The molecule has 5 nitrogen and oxygen atoms in total. The number of amides is 1. The number of carboxylic acid groups (broad SMARTS) is 1. The van der Waals surface area contributed by atoms with Gasteiger partial charge in [-0.25, -0.2) is 9.78 Å². The van der Waals surface area contributed by atoms with Crippen molar-refractivity contribution in [2.45, 2.75) is 6.92 Å². The summed E-state index contributed by atoms with van der Waals surface area (Å²) in [7, 11) is 0. The number of halogens is 3. The quantitative estimate of drug-likeness (QED) is 0.611. The lowest BCUT2D eigenvalue weighted by Gasteiger charge is -2.18. The number of hydrogen-bond donors (Lipinski definition) is 2. The molecule has 8 heteroatoms. The van der Waals surface area contributed by atoms with Crippen molar-refractivity contribution in [3.05, 3.63) is 32.8 Å². The Bertz CT molecular complexity index is 910. The van der Waals surface area contributed by atoms with Crippen molar-refractivity contribution in [3.63, 3.8) is 0 Å². The van der Waals surface area contributed by atoms with Crippen LogP contribution >= 0.6 is 39.1 Å². The Morgan fingerprint density at radius 1 is 1.45 bits per heavy atom. The van der Waals surface area contributed by atoms with Gasteiger partial charge in [0.2, 0.25) is 0 Å². The van der Waals surface area contributed by atoms with E-state index in [2.05, 4.69) is 25.9 Å². The van der Waals surface area contributed by atoms with Crippen LogP contribution in [0.15, 0.2) is 22.8 Å². The molecule has 22 heavy (non-hydrogen) atoms. The molecule has 0 aliphatic carbocycles. The van der Waals surface area contributed by atoms with Crippen molar-refractivity contribution >= 4 is 72.8 Å². The van der Waals surface area contributed by atoms with Gasteiger partial charge in [-0.15, -0.1) is 0 Å². The summed E-state index contributed by atoms with van der Waals surface area (Å²) in [6.07, 6.45) is 0.542. The van der Waals surface area contributed by atoms with Gasteiger partial charge < -0.3 is 10.1 Å². The van der Waals surface area contributed by atoms with Crippen molar-refractivity contribution in [1.82, 2.24) is 9.97 Å². The van der Waals surface area contributed by atoms with Gasteiger partial charge in [0.25, 0.3) is 0 Å². The van der Waals surface area contributed by atoms with Gasteiger partial charge in [-0.05, 0) is 35.0 Å². The Balaban J connectivity index is 2.45. The molecule has 114 valence electrons. The summed E-state index contributed by atoms with van der Waals surface area (Å²) in [5.74, 6) is 0. The second-order valence-corrected chi connectivity index (χ2v) is 6.31. The number of anilines is 1. The second kappa shape index (κ2) is 5.61. The summed E-state index contributed by atoms with van der Waals surface area (Å²) < 4.78 is 0.662. The SMILES string of the molecule is CCN(C(=O)O)c1cc(Cl)cc2c1[nH]c1ncc(Br)c(Cl)c12. The van der Waals surface area contributed by atoms with E-state index in [9.17, 15) is 9.90 Å². The summed E-state index contributed by atoms with van der Waals surface area (Å²) in [5, 5.41) is 11.7. The molecule has 0 saturated heterocycles. The fourth-order valence-electron chi connectivity index (χ4n) is 2.47.